The van der Waals surface area contributed by atoms with Gasteiger partial charge in [0.25, 0.3) is 5.91 Å². The lowest BCUT2D eigenvalue weighted by atomic mass is 10.1. The first kappa shape index (κ1) is 17.9. The van der Waals surface area contributed by atoms with Gasteiger partial charge >= 0.3 is 0 Å². The van der Waals surface area contributed by atoms with Gasteiger partial charge in [-0.2, -0.15) is 0 Å². The van der Waals surface area contributed by atoms with Gasteiger partial charge in [0.15, 0.2) is 0 Å². The summed E-state index contributed by atoms with van der Waals surface area (Å²) in [6.07, 6.45) is 0. The van der Waals surface area contributed by atoms with Crippen molar-refractivity contribution in [2.75, 3.05) is 5.75 Å². The summed E-state index contributed by atoms with van der Waals surface area (Å²) in [6.45, 7) is 1.80. The Morgan fingerprint density at radius 2 is 1.81 bits per heavy atom. The molecule has 0 radical (unpaired) electrons. The Balaban J connectivity index is 1.62. The quantitative estimate of drug-likeness (QED) is 0.547. The maximum absolute atomic E-state index is 13.5. The normalized spacial score (nSPS) is 10.5. The van der Waals surface area contributed by atoms with Crippen LogP contribution < -0.4 is 10.9 Å². The van der Waals surface area contributed by atoms with Crippen LogP contribution in [0.15, 0.2) is 59.5 Å². The van der Waals surface area contributed by atoms with Crippen molar-refractivity contribution in [1.82, 2.24) is 15.8 Å². The molecule has 7 heteroatoms. The highest BCUT2D eigenvalue weighted by molar-refractivity contribution is 8.00. The van der Waals surface area contributed by atoms with E-state index < -0.39 is 11.8 Å². The van der Waals surface area contributed by atoms with E-state index in [9.17, 15) is 14.0 Å². The van der Waals surface area contributed by atoms with Gasteiger partial charge in [0.1, 0.15) is 5.82 Å². The number of benzene rings is 2. The summed E-state index contributed by atoms with van der Waals surface area (Å²) in [4.78, 5) is 29.1. The molecule has 2 N–H and O–H groups in total. The Kier molecular flexibility index (Phi) is 5.48. The topological polar surface area (TPSA) is 71.1 Å². The summed E-state index contributed by atoms with van der Waals surface area (Å²) in [5.74, 6) is -1.26. The molecule has 2 amide bonds. The molecular weight excluding hydrogens is 353 g/mol. The van der Waals surface area contributed by atoms with Gasteiger partial charge in [0.2, 0.25) is 5.91 Å². The molecule has 3 aromatic rings. The zero-order valence-electron chi connectivity index (χ0n) is 14.0. The van der Waals surface area contributed by atoms with Crippen LogP contribution >= 0.6 is 11.8 Å². The molecule has 3 rings (SSSR count). The molecule has 0 unspecified atom stereocenters. The Morgan fingerprint density at radius 1 is 1.08 bits per heavy atom. The van der Waals surface area contributed by atoms with Crippen molar-refractivity contribution >= 4 is 34.5 Å². The van der Waals surface area contributed by atoms with Crippen LogP contribution in [0, 0.1) is 12.7 Å². The highest BCUT2D eigenvalue weighted by Gasteiger charge is 2.13. The van der Waals surface area contributed by atoms with Crippen molar-refractivity contribution in [2.45, 2.75) is 11.8 Å². The summed E-state index contributed by atoms with van der Waals surface area (Å²) >= 11 is 1.06. The molecule has 5 nitrogen and oxygen atoms in total. The van der Waals surface area contributed by atoms with Crippen LogP contribution in [-0.4, -0.2) is 22.6 Å². The molecule has 0 saturated heterocycles. The number of thioether (sulfide) groups is 1. The number of fused-ring (bicyclic) bond motifs is 1. The van der Waals surface area contributed by atoms with Crippen LogP contribution in [0.3, 0.4) is 0 Å². The second kappa shape index (κ2) is 7.97. The van der Waals surface area contributed by atoms with E-state index in [1.807, 2.05) is 18.2 Å². The minimum Gasteiger partial charge on any atom is -0.272 e. The van der Waals surface area contributed by atoms with Gasteiger partial charge in [-0.1, -0.05) is 30.3 Å². The lowest BCUT2D eigenvalue weighted by Gasteiger charge is -2.10. The lowest BCUT2D eigenvalue weighted by Crippen LogP contribution is -2.42. The first-order chi connectivity index (χ1) is 12.5. The molecule has 1 heterocycles. The third-order valence-corrected chi connectivity index (χ3v) is 4.65. The molecule has 1 aromatic heterocycles. The second-order valence-corrected chi connectivity index (χ2v) is 6.57. The number of halogens is 1. The Bertz CT molecular complexity index is 978. The maximum atomic E-state index is 13.5. The van der Waals surface area contributed by atoms with Crippen LogP contribution in [-0.2, 0) is 4.79 Å². The molecule has 0 spiro atoms. The number of rotatable bonds is 4. The monoisotopic (exact) mass is 369 g/mol. The lowest BCUT2D eigenvalue weighted by molar-refractivity contribution is -0.119. The summed E-state index contributed by atoms with van der Waals surface area (Å²) in [7, 11) is 0. The van der Waals surface area contributed by atoms with Gasteiger partial charge in [0, 0.05) is 16.0 Å². The number of hydrazine groups is 1. The van der Waals surface area contributed by atoms with Gasteiger partial charge in [-0.25, -0.2) is 4.39 Å². The fourth-order valence-electron chi connectivity index (χ4n) is 2.43. The number of carbonyl (C=O) groups excluding carboxylic acids is 2. The number of pyridine rings is 1. The van der Waals surface area contributed by atoms with Gasteiger partial charge in [0.05, 0.1) is 16.8 Å². The van der Waals surface area contributed by atoms with Crippen molar-refractivity contribution < 1.29 is 14.0 Å². The predicted molar refractivity (Wildman–Crippen MR) is 99.2 cm³/mol. The first-order valence-corrected chi connectivity index (χ1v) is 8.86. The molecule has 0 bridgehead atoms. The average Bonchev–Trinajstić information content (AvgIpc) is 2.64. The van der Waals surface area contributed by atoms with Gasteiger partial charge < -0.3 is 0 Å². The number of amides is 2. The van der Waals surface area contributed by atoms with E-state index in [0.29, 0.717) is 27.1 Å². The first-order valence-electron chi connectivity index (χ1n) is 7.87. The minimum absolute atomic E-state index is 0.0165. The second-order valence-electron chi connectivity index (χ2n) is 5.55. The van der Waals surface area contributed by atoms with E-state index in [2.05, 4.69) is 15.8 Å². The number of nitrogens with zero attached hydrogens (tertiary/aromatic N) is 1. The number of aryl methyl sites for hydroxylation is 1. The average molecular weight is 369 g/mol. The van der Waals surface area contributed by atoms with Gasteiger partial charge in [-0.05, 0) is 31.2 Å². The van der Waals surface area contributed by atoms with Crippen LogP contribution in [0.4, 0.5) is 4.39 Å². The summed E-state index contributed by atoms with van der Waals surface area (Å²) in [6, 6.07) is 15.2. The van der Waals surface area contributed by atoms with Crippen molar-refractivity contribution in [1.29, 1.82) is 0 Å². The Labute approximate surface area is 154 Å². The number of hydrogen-bond acceptors (Lipinski definition) is 4. The van der Waals surface area contributed by atoms with Gasteiger partial charge in [-0.3, -0.25) is 25.4 Å². The van der Waals surface area contributed by atoms with E-state index in [0.717, 1.165) is 11.8 Å². The molecule has 132 valence electrons. The number of aromatic nitrogens is 1. The van der Waals surface area contributed by atoms with E-state index in [1.165, 1.54) is 6.07 Å². The minimum atomic E-state index is -0.434. The number of carbonyl (C=O) groups is 2. The molecule has 0 atom stereocenters. The third kappa shape index (κ3) is 4.18. The van der Waals surface area contributed by atoms with Gasteiger partial charge in [-0.15, -0.1) is 11.8 Å². The Morgan fingerprint density at radius 3 is 2.62 bits per heavy atom. The SMILES string of the molecule is Cc1cc(C(=O)NNC(=O)CSc2ccccc2F)c2ccccc2n1. The number of nitrogens with one attached hydrogen (secondary N) is 2. The van der Waals surface area contributed by atoms with E-state index in [1.54, 1.807) is 37.3 Å². The van der Waals surface area contributed by atoms with Crippen LogP contribution in [0.1, 0.15) is 16.1 Å². The molecule has 0 aliphatic rings. The molecule has 0 fully saturated rings. The summed E-state index contributed by atoms with van der Waals surface area (Å²) < 4.78 is 13.5. The third-order valence-electron chi connectivity index (χ3n) is 3.60. The number of hydrogen-bond donors (Lipinski definition) is 2. The highest BCUT2D eigenvalue weighted by Crippen LogP contribution is 2.21. The fourth-order valence-corrected chi connectivity index (χ4v) is 3.17. The predicted octanol–water partition coefficient (Wildman–Crippen LogP) is 3.24. The van der Waals surface area contributed by atoms with Crippen molar-refractivity contribution in [2.24, 2.45) is 0 Å². The van der Waals surface area contributed by atoms with Crippen molar-refractivity contribution in [3.8, 4) is 0 Å². The number of para-hydroxylation sites is 1. The summed E-state index contributed by atoms with van der Waals surface area (Å²) in [5, 5.41) is 0.700. The standard InChI is InChI=1S/C19H16FN3O2S/c1-12-10-14(13-6-2-4-8-16(13)21-12)19(25)23-22-18(24)11-26-17-9-5-3-7-15(17)20/h2-10H,11H2,1H3,(H,22,24)(H,23,25). The van der Waals surface area contributed by atoms with Crippen molar-refractivity contribution in [3.63, 3.8) is 0 Å². The van der Waals surface area contributed by atoms with E-state index in [-0.39, 0.29) is 11.6 Å². The van der Waals surface area contributed by atoms with Crippen LogP contribution in [0.25, 0.3) is 10.9 Å². The smallest absolute Gasteiger partial charge is 0.270 e. The van der Waals surface area contributed by atoms with Crippen LogP contribution in [0.2, 0.25) is 0 Å². The molecule has 2 aromatic carbocycles. The van der Waals surface area contributed by atoms with Crippen LogP contribution in [0.5, 0.6) is 0 Å². The summed E-state index contributed by atoms with van der Waals surface area (Å²) in [5.41, 5.74) is 6.59. The molecule has 0 saturated carbocycles. The fraction of sp³-hybridized carbons (Fsp3) is 0.105. The molecule has 26 heavy (non-hydrogen) atoms. The maximum Gasteiger partial charge on any atom is 0.270 e. The van der Waals surface area contributed by atoms with E-state index >= 15 is 0 Å². The van der Waals surface area contributed by atoms with E-state index in [4.69, 9.17) is 0 Å². The largest absolute Gasteiger partial charge is 0.272 e. The molecular formula is C19H16FN3O2S. The Hall–Kier alpha value is -2.93. The molecule has 0 aliphatic heterocycles. The zero-order chi connectivity index (χ0) is 18.5. The zero-order valence-corrected chi connectivity index (χ0v) is 14.8. The highest BCUT2D eigenvalue weighted by atomic mass is 32.2. The molecule has 0 aliphatic carbocycles. The van der Waals surface area contributed by atoms with Crippen molar-refractivity contribution in [3.05, 3.63) is 71.7 Å².